The minimum absolute atomic E-state index is 0.0369. The van der Waals surface area contributed by atoms with Crippen molar-refractivity contribution in [2.24, 2.45) is 16.3 Å². The summed E-state index contributed by atoms with van der Waals surface area (Å²) in [5.41, 5.74) is -1.11. The summed E-state index contributed by atoms with van der Waals surface area (Å²) in [4.78, 5) is 17.2. The van der Waals surface area contributed by atoms with Crippen LogP contribution in [0.25, 0.3) is 0 Å². The lowest BCUT2D eigenvalue weighted by atomic mass is 9.85. The number of carbonyl (C=O) groups is 1. The van der Waals surface area contributed by atoms with Crippen molar-refractivity contribution in [2.75, 3.05) is 20.7 Å². The van der Waals surface area contributed by atoms with Crippen LogP contribution in [-0.2, 0) is 6.18 Å². The van der Waals surface area contributed by atoms with E-state index in [9.17, 15) is 18.0 Å². The third kappa shape index (κ3) is 4.74. The lowest BCUT2D eigenvalue weighted by Crippen LogP contribution is -2.45. The van der Waals surface area contributed by atoms with Crippen molar-refractivity contribution in [2.45, 2.75) is 52.3 Å². The quantitative estimate of drug-likeness (QED) is 0.725. The molecule has 8 heteroatoms. The van der Waals surface area contributed by atoms with Gasteiger partial charge in [0.2, 0.25) is 0 Å². The predicted octanol–water partition coefficient (Wildman–Crippen LogP) is 4.63. The van der Waals surface area contributed by atoms with E-state index in [-0.39, 0.29) is 22.8 Å². The van der Waals surface area contributed by atoms with E-state index in [1.807, 2.05) is 12.1 Å². The number of carbonyl (C=O) groups excluding carboxylic acids is 1. The molecule has 2 fully saturated rings. The third-order valence-electron chi connectivity index (χ3n) is 5.62. The number of hydrogen-bond acceptors (Lipinski definition) is 3. The molecule has 0 N–H and O–H groups in total. The Morgan fingerprint density at radius 3 is 2.41 bits per heavy atom. The molecule has 160 valence electrons. The van der Waals surface area contributed by atoms with Crippen molar-refractivity contribution in [1.82, 2.24) is 10.0 Å². The number of alkyl halides is 3. The number of rotatable bonds is 4. The second-order valence-corrected chi connectivity index (χ2v) is 8.93. The van der Waals surface area contributed by atoms with E-state index in [0.717, 1.165) is 37.6 Å². The maximum absolute atomic E-state index is 13.1. The Morgan fingerprint density at radius 1 is 1.24 bits per heavy atom. The van der Waals surface area contributed by atoms with Gasteiger partial charge in [-0.1, -0.05) is 20.8 Å². The highest BCUT2D eigenvalue weighted by Crippen LogP contribution is 2.38. The third-order valence-corrected chi connectivity index (χ3v) is 5.62. The zero-order valence-electron chi connectivity index (χ0n) is 17.5. The van der Waals surface area contributed by atoms with Crippen LogP contribution in [0.3, 0.4) is 0 Å². The summed E-state index contributed by atoms with van der Waals surface area (Å²) < 4.78 is 44.5. The minimum atomic E-state index is -4.54. The summed E-state index contributed by atoms with van der Waals surface area (Å²) in [5.74, 6) is 0.537. The molecule has 1 aromatic rings. The molecule has 0 radical (unpaired) electrons. The highest BCUT2D eigenvalue weighted by molar-refractivity contribution is 6.05. The van der Waals surface area contributed by atoms with Crippen LogP contribution in [-0.4, -0.2) is 48.5 Å². The van der Waals surface area contributed by atoms with Crippen LogP contribution in [0.4, 0.5) is 13.2 Å². The molecule has 1 saturated carbocycles. The molecule has 1 saturated heterocycles. The number of amides is 1. The highest BCUT2D eigenvalue weighted by Gasteiger charge is 2.42. The lowest BCUT2D eigenvalue weighted by molar-refractivity contribution is -0.137. The van der Waals surface area contributed by atoms with Gasteiger partial charge in [0.25, 0.3) is 5.91 Å². The van der Waals surface area contributed by atoms with Gasteiger partial charge >= 0.3 is 6.18 Å². The number of ether oxygens (including phenoxy) is 1. The number of halogens is 3. The zero-order valence-corrected chi connectivity index (χ0v) is 17.5. The second kappa shape index (κ2) is 7.63. The van der Waals surface area contributed by atoms with E-state index in [0.29, 0.717) is 18.2 Å². The van der Waals surface area contributed by atoms with Crippen molar-refractivity contribution in [3.8, 4) is 5.75 Å². The maximum atomic E-state index is 13.1. The predicted molar refractivity (Wildman–Crippen MR) is 105 cm³/mol. The van der Waals surface area contributed by atoms with E-state index < -0.39 is 17.6 Å². The van der Waals surface area contributed by atoms with E-state index in [2.05, 4.69) is 30.8 Å². The molecule has 0 bridgehead atoms. The van der Waals surface area contributed by atoms with Crippen LogP contribution in [0.1, 0.15) is 56.0 Å². The Hall–Kier alpha value is -2.09. The van der Waals surface area contributed by atoms with Crippen molar-refractivity contribution < 1.29 is 22.7 Å². The number of hydrazine groups is 1. The smallest absolute Gasteiger partial charge is 0.416 e. The molecular formula is C21H28F3N3O2. The summed E-state index contributed by atoms with van der Waals surface area (Å²) in [7, 11) is 3.31. The fourth-order valence-corrected chi connectivity index (χ4v) is 3.74. The Morgan fingerprint density at radius 2 is 1.90 bits per heavy atom. The first-order chi connectivity index (χ1) is 13.4. The second-order valence-electron chi connectivity index (χ2n) is 8.93. The van der Waals surface area contributed by atoms with Crippen LogP contribution >= 0.6 is 0 Å². The number of nitrogens with zero attached hydrogens (tertiary/aromatic N) is 3. The summed E-state index contributed by atoms with van der Waals surface area (Å²) >= 11 is 0. The van der Waals surface area contributed by atoms with Crippen LogP contribution in [0.2, 0.25) is 0 Å². The summed E-state index contributed by atoms with van der Waals surface area (Å²) in [6, 6.07) is 3.03. The summed E-state index contributed by atoms with van der Waals surface area (Å²) in [6.07, 6.45) is -1.68. The fraction of sp³-hybridized carbons (Fsp3) is 0.619. The van der Waals surface area contributed by atoms with Crippen LogP contribution in [0.5, 0.6) is 5.75 Å². The monoisotopic (exact) mass is 411 g/mol. The van der Waals surface area contributed by atoms with Gasteiger partial charge in [-0.3, -0.25) is 9.80 Å². The molecule has 5 nitrogen and oxygen atoms in total. The molecule has 1 heterocycles. The molecule has 1 aromatic carbocycles. The van der Waals surface area contributed by atoms with Gasteiger partial charge in [0.1, 0.15) is 11.6 Å². The van der Waals surface area contributed by atoms with Crippen LogP contribution < -0.4 is 4.74 Å². The molecule has 2 aliphatic rings. The molecule has 29 heavy (non-hydrogen) atoms. The zero-order chi connectivity index (χ0) is 21.6. The van der Waals surface area contributed by atoms with Gasteiger partial charge in [-0.25, -0.2) is 5.01 Å². The molecule has 1 atom stereocenters. The summed E-state index contributed by atoms with van der Waals surface area (Å²) in [5, 5.41) is 4.14. The average Bonchev–Trinajstić information content (AvgIpc) is 3.38. The lowest BCUT2D eigenvalue weighted by Gasteiger charge is -2.36. The van der Waals surface area contributed by atoms with Gasteiger partial charge in [-0.2, -0.15) is 18.2 Å². The van der Waals surface area contributed by atoms with Crippen molar-refractivity contribution in [3.05, 3.63) is 29.3 Å². The summed E-state index contributed by atoms with van der Waals surface area (Å²) in [6.45, 7) is 7.16. The number of hydrogen-bond donors (Lipinski definition) is 0. The van der Waals surface area contributed by atoms with Crippen molar-refractivity contribution in [3.63, 3.8) is 0 Å². The van der Waals surface area contributed by atoms with E-state index in [1.54, 1.807) is 0 Å². The molecular weight excluding hydrogens is 383 g/mol. The van der Waals surface area contributed by atoms with Gasteiger partial charge in [0, 0.05) is 26.1 Å². The normalized spacial score (nSPS) is 22.4. The Balaban J connectivity index is 1.95. The fourth-order valence-electron chi connectivity index (χ4n) is 3.74. The van der Waals surface area contributed by atoms with E-state index >= 15 is 0 Å². The molecule has 0 spiro atoms. The van der Waals surface area contributed by atoms with Crippen molar-refractivity contribution >= 4 is 11.7 Å². The van der Waals surface area contributed by atoms with E-state index in [4.69, 9.17) is 4.74 Å². The molecule has 3 rings (SSSR count). The molecule has 0 aromatic heterocycles. The maximum Gasteiger partial charge on any atom is 0.416 e. The van der Waals surface area contributed by atoms with Crippen LogP contribution in [0.15, 0.2) is 23.2 Å². The van der Waals surface area contributed by atoms with Crippen molar-refractivity contribution in [1.29, 1.82) is 0 Å². The number of benzene rings is 1. The number of methoxy groups -OCH3 is 1. The number of amidine groups is 1. The Bertz CT molecular complexity index is 810. The largest absolute Gasteiger partial charge is 0.496 e. The first-order valence-corrected chi connectivity index (χ1v) is 9.79. The number of aliphatic imine (C=N–C) groups is 1. The molecule has 1 unspecified atom stereocenters. The van der Waals surface area contributed by atoms with Gasteiger partial charge < -0.3 is 4.74 Å². The molecule has 1 aliphatic heterocycles. The minimum Gasteiger partial charge on any atom is -0.496 e. The van der Waals surface area contributed by atoms with Gasteiger partial charge in [-0.05, 0) is 42.4 Å². The van der Waals surface area contributed by atoms with Gasteiger partial charge in [0.05, 0.1) is 18.2 Å². The highest BCUT2D eigenvalue weighted by atomic mass is 19.4. The Kier molecular flexibility index (Phi) is 5.69. The average molecular weight is 411 g/mol. The topological polar surface area (TPSA) is 45.1 Å². The molecule has 1 aliphatic carbocycles. The van der Waals surface area contributed by atoms with E-state index in [1.165, 1.54) is 7.11 Å². The SMILES string of the molecule is COc1ccc(C(F)(F)F)cc1C(=O)N=C1CC(C(C)(C)C)N(C)N1CC1CC1. The first kappa shape index (κ1) is 21.6. The van der Waals surface area contributed by atoms with Gasteiger partial charge in [-0.15, -0.1) is 0 Å². The standard InChI is InChI=1S/C21H28F3N3O2/c1-20(2,3)17-11-18(27(26(17)4)12-13-6-7-13)25-19(28)15-10-14(21(22,23)24)8-9-16(15)29-5/h8-10,13,17H,6-7,11-12H2,1-5H3. The first-order valence-electron chi connectivity index (χ1n) is 9.79. The van der Waals surface area contributed by atoms with Gasteiger partial charge in [0.15, 0.2) is 0 Å². The van der Waals surface area contributed by atoms with Crippen LogP contribution in [0, 0.1) is 11.3 Å². The Labute approximate surface area is 169 Å². The molecule has 1 amide bonds.